The van der Waals surface area contributed by atoms with E-state index in [2.05, 4.69) is 16.0 Å². The fourth-order valence-corrected chi connectivity index (χ4v) is 1.85. The maximum Gasteiger partial charge on any atom is 0.315 e. The Labute approximate surface area is 129 Å². The molecule has 3 N–H and O–H groups in total. The summed E-state index contributed by atoms with van der Waals surface area (Å²) in [5.74, 6) is 1.32. The lowest BCUT2D eigenvalue weighted by Gasteiger charge is -2.19. The molecule has 0 saturated carbocycles. The summed E-state index contributed by atoms with van der Waals surface area (Å²) < 4.78 is 10.8. The van der Waals surface area contributed by atoms with Gasteiger partial charge in [0.2, 0.25) is 5.91 Å². The number of carbonyl (C=O) groups is 2. The Balaban J connectivity index is 1.78. The van der Waals surface area contributed by atoms with Gasteiger partial charge in [0, 0.05) is 18.3 Å². The van der Waals surface area contributed by atoms with Crippen molar-refractivity contribution in [2.45, 2.75) is 13.8 Å². The molecule has 1 aliphatic heterocycles. The Morgan fingerprint density at radius 3 is 2.59 bits per heavy atom. The Kier molecular flexibility index (Phi) is 5.46. The van der Waals surface area contributed by atoms with Crippen molar-refractivity contribution in [1.82, 2.24) is 10.6 Å². The summed E-state index contributed by atoms with van der Waals surface area (Å²) in [5, 5.41) is 7.87. The molecule has 0 bridgehead atoms. The Hall–Kier alpha value is -2.44. The van der Waals surface area contributed by atoms with Crippen LogP contribution >= 0.6 is 0 Å². The van der Waals surface area contributed by atoms with Crippen LogP contribution in [0.5, 0.6) is 11.5 Å². The SMILES string of the molecule is CC(C)CNC(=O)NCC(=O)Nc1ccc2c(c1)OCCO2. The van der Waals surface area contributed by atoms with Crippen molar-refractivity contribution in [2.75, 3.05) is 31.6 Å². The van der Waals surface area contributed by atoms with E-state index in [1.54, 1.807) is 18.2 Å². The molecule has 0 saturated heterocycles. The highest BCUT2D eigenvalue weighted by molar-refractivity contribution is 5.94. The summed E-state index contributed by atoms with van der Waals surface area (Å²) in [7, 11) is 0. The van der Waals surface area contributed by atoms with Crippen LogP contribution in [0.1, 0.15) is 13.8 Å². The van der Waals surface area contributed by atoms with Crippen molar-refractivity contribution in [3.8, 4) is 11.5 Å². The lowest BCUT2D eigenvalue weighted by atomic mass is 10.2. The van der Waals surface area contributed by atoms with Crippen LogP contribution in [0, 0.1) is 5.92 Å². The second kappa shape index (κ2) is 7.53. The minimum atomic E-state index is -0.356. The van der Waals surface area contributed by atoms with Gasteiger partial charge in [-0.3, -0.25) is 4.79 Å². The third-order valence-electron chi connectivity index (χ3n) is 2.91. The number of amides is 3. The molecule has 1 aromatic carbocycles. The fourth-order valence-electron chi connectivity index (χ4n) is 1.85. The van der Waals surface area contributed by atoms with Crippen molar-refractivity contribution in [3.63, 3.8) is 0 Å². The Morgan fingerprint density at radius 1 is 1.14 bits per heavy atom. The number of ether oxygens (including phenoxy) is 2. The van der Waals surface area contributed by atoms with Gasteiger partial charge >= 0.3 is 6.03 Å². The molecule has 7 heteroatoms. The van der Waals surface area contributed by atoms with Crippen LogP contribution in [0.25, 0.3) is 0 Å². The predicted octanol–water partition coefficient (Wildman–Crippen LogP) is 1.35. The number of benzene rings is 1. The van der Waals surface area contributed by atoms with Gasteiger partial charge in [-0.15, -0.1) is 0 Å². The molecule has 1 aromatic rings. The summed E-state index contributed by atoms with van der Waals surface area (Å²) in [6.07, 6.45) is 0. The summed E-state index contributed by atoms with van der Waals surface area (Å²) in [5.41, 5.74) is 0.596. The number of anilines is 1. The van der Waals surface area contributed by atoms with Crippen LogP contribution in [-0.2, 0) is 4.79 Å². The van der Waals surface area contributed by atoms with E-state index in [4.69, 9.17) is 9.47 Å². The number of nitrogens with one attached hydrogen (secondary N) is 3. The van der Waals surface area contributed by atoms with Gasteiger partial charge in [-0.1, -0.05) is 13.8 Å². The van der Waals surface area contributed by atoms with E-state index in [0.29, 0.717) is 42.9 Å². The Bertz CT molecular complexity index is 546. The van der Waals surface area contributed by atoms with Crippen LogP contribution in [-0.4, -0.2) is 38.2 Å². The first kappa shape index (κ1) is 15.9. The van der Waals surface area contributed by atoms with E-state index in [1.807, 2.05) is 13.8 Å². The molecule has 0 radical (unpaired) electrons. The molecule has 0 spiro atoms. The van der Waals surface area contributed by atoms with Crippen LogP contribution in [0.3, 0.4) is 0 Å². The van der Waals surface area contributed by atoms with Gasteiger partial charge in [0.15, 0.2) is 11.5 Å². The number of rotatable bonds is 5. The zero-order valence-electron chi connectivity index (χ0n) is 12.8. The molecule has 1 heterocycles. The molecule has 0 atom stereocenters. The largest absolute Gasteiger partial charge is 0.486 e. The molecule has 3 amide bonds. The number of hydrogen-bond acceptors (Lipinski definition) is 4. The first-order valence-corrected chi connectivity index (χ1v) is 7.26. The number of hydrogen-bond donors (Lipinski definition) is 3. The quantitative estimate of drug-likeness (QED) is 0.766. The second-order valence-corrected chi connectivity index (χ2v) is 5.36. The first-order valence-electron chi connectivity index (χ1n) is 7.26. The zero-order chi connectivity index (χ0) is 15.9. The Morgan fingerprint density at radius 2 is 1.86 bits per heavy atom. The van der Waals surface area contributed by atoms with Crippen molar-refractivity contribution in [3.05, 3.63) is 18.2 Å². The van der Waals surface area contributed by atoms with Gasteiger partial charge in [0.1, 0.15) is 13.2 Å². The van der Waals surface area contributed by atoms with Crippen LogP contribution in [0.15, 0.2) is 18.2 Å². The van der Waals surface area contributed by atoms with E-state index >= 15 is 0 Å². The summed E-state index contributed by atoms with van der Waals surface area (Å²) in [4.78, 5) is 23.3. The highest BCUT2D eigenvalue weighted by Crippen LogP contribution is 2.32. The molecule has 0 aromatic heterocycles. The van der Waals surface area contributed by atoms with E-state index in [-0.39, 0.29) is 18.5 Å². The molecule has 0 fully saturated rings. The van der Waals surface area contributed by atoms with Gasteiger partial charge in [0.25, 0.3) is 0 Å². The van der Waals surface area contributed by atoms with Crippen LogP contribution < -0.4 is 25.4 Å². The third-order valence-corrected chi connectivity index (χ3v) is 2.91. The van der Waals surface area contributed by atoms with Crippen molar-refractivity contribution >= 4 is 17.6 Å². The summed E-state index contributed by atoms with van der Waals surface area (Å²) >= 11 is 0. The van der Waals surface area contributed by atoms with E-state index < -0.39 is 0 Å². The molecule has 22 heavy (non-hydrogen) atoms. The van der Waals surface area contributed by atoms with Crippen molar-refractivity contribution < 1.29 is 19.1 Å². The monoisotopic (exact) mass is 307 g/mol. The lowest BCUT2D eigenvalue weighted by molar-refractivity contribution is -0.115. The van der Waals surface area contributed by atoms with Gasteiger partial charge in [-0.2, -0.15) is 0 Å². The highest BCUT2D eigenvalue weighted by Gasteiger charge is 2.13. The topological polar surface area (TPSA) is 88.7 Å². The maximum absolute atomic E-state index is 11.8. The number of carbonyl (C=O) groups excluding carboxylic acids is 2. The van der Waals surface area contributed by atoms with Gasteiger partial charge < -0.3 is 25.4 Å². The van der Waals surface area contributed by atoms with E-state index in [1.165, 1.54) is 0 Å². The van der Waals surface area contributed by atoms with Crippen LogP contribution in [0.4, 0.5) is 10.5 Å². The standard InChI is InChI=1S/C15H21N3O4/c1-10(2)8-16-15(20)17-9-14(19)18-11-3-4-12-13(7-11)22-6-5-21-12/h3-4,7,10H,5-6,8-9H2,1-2H3,(H,18,19)(H2,16,17,20). The summed E-state index contributed by atoms with van der Waals surface area (Å²) in [6, 6.07) is 4.81. The van der Waals surface area contributed by atoms with Gasteiger partial charge in [-0.25, -0.2) is 4.79 Å². The molecule has 1 aliphatic rings. The second-order valence-electron chi connectivity index (χ2n) is 5.36. The zero-order valence-corrected chi connectivity index (χ0v) is 12.8. The minimum Gasteiger partial charge on any atom is -0.486 e. The highest BCUT2D eigenvalue weighted by atomic mass is 16.6. The lowest BCUT2D eigenvalue weighted by Crippen LogP contribution is -2.41. The maximum atomic E-state index is 11.8. The van der Waals surface area contributed by atoms with E-state index in [0.717, 1.165) is 0 Å². The normalized spacial score (nSPS) is 12.7. The fraction of sp³-hybridized carbons (Fsp3) is 0.467. The first-order chi connectivity index (χ1) is 10.5. The molecular weight excluding hydrogens is 286 g/mol. The summed E-state index contributed by atoms with van der Waals surface area (Å²) in [6.45, 7) is 5.47. The third kappa shape index (κ3) is 4.83. The number of urea groups is 1. The average molecular weight is 307 g/mol. The average Bonchev–Trinajstić information content (AvgIpc) is 2.50. The van der Waals surface area contributed by atoms with Gasteiger partial charge in [-0.05, 0) is 18.1 Å². The van der Waals surface area contributed by atoms with Crippen LogP contribution in [0.2, 0.25) is 0 Å². The molecule has 0 unspecified atom stereocenters. The van der Waals surface area contributed by atoms with Crippen molar-refractivity contribution in [2.24, 2.45) is 5.92 Å². The van der Waals surface area contributed by atoms with Gasteiger partial charge in [0.05, 0.1) is 6.54 Å². The number of fused-ring (bicyclic) bond motifs is 1. The smallest absolute Gasteiger partial charge is 0.315 e. The van der Waals surface area contributed by atoms with E-state index in [9.17, 15) is 9.59 Å². The molecule has 0 aliphatic carbocycles. The predicted molar refractivity (Wildman–Crippen MR) is 82.3 cm³/mol. The van der Waals surface area contributed by atoms with Crippen molar-refractivity contribution in [1.29, 1.82) is 0 Å². The molecule has 2 rings (SSSR count). The molecule has 120 valence electrons. The molecule has 7 nitrogen and oxygen atoms in total. The minimum absolute atomic E-state index is 0.0988. The molecular formula is C15H21N3O4.